The van der Waals surface area contributed by atoms with Gasteiger partial charge in [-0.05, 0) is 51.4 Å². The minimum Gasteiger partial charge on any atom is -0.480 e. The average Bonchev–Trinajstić information content (AvgIpc) is 2.73. The van der Waals surface area contributed by atoms with Crippen molar-refractivity contribution in [2.24, 2.45) is 5.73 Å². The summed E-state index contributed by atoms with van der Waals surface area (Å²) in [5.74, 6) is -2.07. The zero-order chi connectivity index (χ0) is 23.2. The normalized spacial score (nSPS) is 12.9. The molecule has 0 heterocycles. The summed E-state index contributed by atoms with van der Waals surface area (Å²) < 4.78 is 0. The number of amides is 2. The Morgan fingerprint density at radius 1 is 0.806 bits per heavy atom. The van der Waals surface area contributed by atoms with E-state index in [1.54, 1.807) is 0 Å². The molecule has 0 saturated heterocycles. The number of aliphatic carboxylic acids is 1. The predicted molar refractivity (Wildman–Crippen MR) is 126 cm³/mol. The van der Waals surface area contributed by atoms with Crippen LogP contribution in [-0.2, 0) is 14.4 Å². The molecule has 31 heavy (non-hydrogen) atoms. The highest BCUT2D eigenvalue weighted by Crippen LogP contribution is 2.03. The Kier molecular flexibility index (Phi) is 18.9. The summed E-state index contributed by atoms with van der Waals surface area (Å²) >= 11 is 0. The molecular formula is C25H40N2O4. The van der Waals surface area contributed by atoms with E-state index in [-0.39, 0.29) is 25.2 Å². The number of carbonyl (C=O) groups excluding carboxylic acids is 2. The fraction of sp³-hybridized carbons (Fsp3) is 0.560. The first-order chi connectivity index (χ1) is 15.0. The van der Waals surface area contributed by atoms with Crippen LogP contribution in [0.15, 0.2) is 48.6 Å². The Morgan fingerprint density at radius 2 is 1.32 bits per heavy atom. The molecule has 2 amide bonds. The molecule has 4 N–H and O–H groups in total. The number of allylic oxidation sites excluding steroid dienone is 8. The molecule has 0 spiro atoms. The molecule has 0 rings (SSSR count). The summed E-state index contributed by atoms with van der Waals surface area (Å²) in [4.78, 5) is 33.7. The maximum absolute atomic E-state index is 11.8. The molecular weight excluding hydrogens is 392 g/mol. The smallest absolute Gasteiger partial charge is 0.326 e. The SMILES string of the molecule is CCCCC/C=C/C/C=C/C/C=C/C/C=C/CCCC(=O)NC(CCC(N)=O)C(=O)O. The molecule has 0 fully saturated rings. The number of nitrogens with two attached hydrogens (primary N) is 1. The summed E-state index contributed by atoms with van der Waals surface area (Å²) in [6.45, 7) is 2.22. The molecule has 0 radical (unpaired) electrons. The second-order valence-corrected chi connectivity index (χ2v) is 7.44. The summed E-state index contributed by atoms with van der Waals surface area (Å²) in [6, 6.07) is -1.07. The van der Waals surface area contributed by atoms with E-state index in [0.29, 0.717) is 6.42 Å². The van der Waals surface area contributed by atoms with Crippen LogP contribution in [0.4, 0.5) is 0 Å². The molecule has 1 atom stereocenters. The van der Waals surface area contributed by atoms with Crippen LogP contribution in [0.2, 0.25) is 0 Å². The van der Waals surface area contributed by atoms with Gasteiger partial charge in [-0.2, -0.15) is 0 Å². The van der Waals surface area contributed by atoms with Crippen molar-refractivity contribution >= 4 is 17.8 Å². The van der Waals surface area contributed by atoms with E-state index in [1.807, 2.05) is 6.08 Å². The number of hydrogen-bond acceptors (Lipinski definition) is 3. The third kappa shape index (κ3) is 20.4. The number of carboxylic acid groups (broad SMARTS) is 1. The maximum Gasteiger partial charge on any atom is 0.326 e. The summed E-state index contributed by atoms with van der Waals surface area (Å²) in [5, 5.41) is 11.5. The Labute approximate surface area is 187 Å². The molecule has 0 aromatic carbocycles. The van der Waals surface area contributed by atoms with Crippen LogP contribution < -0.4 is 11.1 Å². The molecule has 1 unspecified atom stereocenters. The summed E-state index contributed by atoms with van der Waals surface area (Å²) in [6.07, 6.45) is 26.6. The van der Waals surface area contributed by atoms with Gasteiger partial charge in [0.15, 0.2) is 0 Å². The zero-order valence-corrected chi connectivity index (χ0v) is 18.9. The number of carbonyl (C=O) groups is 3. The molecule has 0 saturated carbocycles. The van der Waals surface area contributed by atoms with Crippen molar-refractivity contribution < 1.29 is 19.5 Å². The van der Waals surface area contributed by atoms with Crippen molar-refractivity contribution in [2.45, 2.75) is 90.0 Å². The van der Waals surface area contributed by atoms with Crippen LogP contribution in [-0.4, -0.2) is 28.9 Å². The van der Waals surface area contributed by atoms with Crippen molar-refractivity contribution in [1.29, 1.82) is 0 Å². The number of carboxylic acids is 1. The largest absolute Gasteiger partial charge is 0.480 e. The maximum atomic E-state index is 11.8. The lowest BCUT2D eigenvalue weighted by atomic mass is 10.1. The van der Waals surface area contributed by atoms with Gasteiger partial charge in [-0.3, -0.25) is 9.59 Å². The van der Waals surface area contributed by atoms with E-state index in [2.05, 4.69) is 54.8 Å². The Balaban J connectivity index is 3.77. The third-order valence-corrected chi connectivity index (χ3v) is 4.54. The lowest BCUT2D eigenvalue weighted by molar-refractivity contribution is -0.142. The lowest BCUT2D eigenvalue weighted by Gasteiger charge is -2.13. The van der Waals surface area contributed by atoms with Gasteiger partial charge in [0.2, 0.25) is 11.8 Å². The van der Waals surface area contributed by atoms with Gasteiger partial charge in [-0.25, -0.2) is 4.79 Å². The van der Waals surface area contributed by atoms with Crippen molar-refractivity contribution in [2.75, 3.05) is 0 Å². The highest BCUT2D eigenvalue weighted by molar-refractivity contribution is 5.84. The molecule has 0 aliphatic heterocycles. The monoisotopic (exact) mass is 432 g/mol. The van der Waals surface area contributed by atoms with Gasteiger partial charge in [0.25, 0.3) is 0 Å². The molecule has 0 aliphatic carbocycles. The van der Waals surface area contributed by atoms with Crippen LogP contribution in [0, 0.1) is 0 Å². The molecule has 0 aromatic rings. The van der Waals surface area contributed by atoms with Crippen LogP contribution in [0.3, 0.4) is 0 Å². The minimum atomic E-state index is -1.16. The zero-order valence-electron chi connectivity index (χ0n) is 18.9. The van der Waals surface area contributed by atoms with Gasteiger partial charge < -0.3 is 16.2 Å². The van der Waals surface area contributed by atoms with Crippen LogP contribution in [0.1, 0.15) is 84.0 Å². The van der Waals surface area contributed by atoms with Gasteiger partial charge in [-0.15, -0.1) is 0 Å². The van der Waals surface area contributed by atoms with Gasteiger partial charge in [0.1, 0.15) is 6.04 Å². The van der Waals surface area contributed by atoms with E-state index in [0.717, 1.165) is 25.7 Å². The molecule has 0 aliphatic rings. The van der Waals surface area contributed by atoms with Crippen molar-refractivity contribution in [3.05, 3.63) is 48.6 Å². The number of unbranched alkanes of at least 4 members (excludes halogenated alkanes) is 4. The van der Waals surface area contributed by atoms with E-state index in [9.17, 15) is 14.4 Å². The first kappa shape index (κ1) is 28.4. The second-order valence-electron chi connectivity index (χ2n) is 7.44. The highest BCUT2D eigenvalue weighted by Gasteiger charge is 2.19. The van der Waals surface area contributed by atoms with Crippen molar-refractivity contribution in [3.63, 3.8) is 0 Å². The lowest BCUT2D eigenvalue weighted by Crippen LogP contribution is -2.41. The average molecular weight is 433 g/mol. The van der Waals surface area contributed by atoms with Gasteiger partial charge in [-0.1, -0.05) is 68.4 Å². The van der Waals surface area contributed by atoms with E-state index >= 15 is 0 Å². The van der Waals surface area contributed by atoms with Crippen molar-refractivity contribution in [3.8, 4) is 0 Å². The second kappa shape index (κ2) is 20.6. The van der Waals surface area contributed by atoms with Crippen LogP contribution >= 0.6 is 0 Å². The number of rotatable bonds is 19. The molecule has 6 nitrogen and oxygen atoms in total. The van der Waals surface area contributed by atoms with E-state index in [1.165, 1.54) is 25.7 Å². The summed E-state index contributed by atoms with van der Waals surface area (Å²) in [5.41, 5.74) is 5.02. The fourth-order valence-corrected chi connectivity index (χ4v) is 2.75. The highest BCUT2D eigenvalue weighted by atomic mass is 16.4. The predicted octanol–water partition coefficient (Wildman–Crippen LogP) is 4.97. The van der Waals surface area contributed by atoms with Gasteiger partial charge in [0, 0.05) is 12.8 Å². The Morgan fingerprint density at radius 3 is 1.81 bits per heavy atom. The molecule has 6 heteroatoms. The molecule has 0 aromatic heterocycles. The Bertz CT molecular complexity index is 621. The topological polar surface area (TPSA) is 109 Å². The number of primary amides is 1. The minimum absolute atomic E-state index is 0.00752. The number of nitrogens with one attached hydrogen (secondary N) is 1. The first-order valence-corrected chi connectivity index (χ1v) is 11.4. The molecule has 0 bridgehead atoms. The van der Waals surface area contributed by atoms with Crippen molar-refractivity contribution in [1.82, 2.24) is 5.32 Å². The first-order valence-electron chi connectivity index (χ1n) is 11.4. The van der Waals surface area contributed by atoms with E-state index < -0.39 is 17.9 Å². The van der Waals surface area contributed by atoms with Gasteiger partial charge >= 0.3 is 5.97 Å². The summed E-state index contributed by atoms with van der Waals surface area (Å²) in [7, 11) is 0. The standard InChI is InChI=1S/C25H40N2O4/c1-2-3-4-5-6-7-8-9-10-11-12-13-14-15-16-17-18-19-24(29)27-22(25(30)31)20-21-23(26)28/h6-7,9-10,12-13,15-16,22H,2-5,8,11,14,17-21H2,1H3,(H2,26,28)(H,27,29)(H,30,31)/b7-6+,10-9+,13-12+,16-15+. The number of hydrogen-bond donors (Lipinski definition) is 3. The quantitative estimate of drug-likeness (QED) is 0.198. The van der Waals surface area contributed by atoms with E-state index in [4.69, 9.17) is 10.8 Å². The van der Waals surface area contributed by atoms with Crippen LogP contribution in [0.5, 0.6) is 0 Å². The van der Waals surface area contributed by atoms with Crippen LogP contribution in [0.25, 0.3) is 0 Å². The Hall–Kier alpha value is -2.63. The fourth-order valence-electron chi connectivity index (χ4n) is 2.75. The van der Waals surface area contributed by atoms with Gasteiger partial charge in [0.05, 0.1) is 0 Å². The third-order valence-electron chi connectivity index (χ3n) is 4.54. The molecule has 174 valence electrons.